The molecule has 5 nitrogen and oxygen atoms in total. The van der Waals surface area contributed by atoms with Crippen molar-refractivity contribution < 1.29 is 37.8 Å². The van der Waals surface area contributed by atoms with Crippen LogP contribution in [0.4, 0.5) is 4.39 Å². The van der Waals surface area contributed by atoms with Crippen molar-refractivity contribution in [2.24, 2.45) is 0 Å². The Morgan fingerprint density at radius 1 is 1.43 bits per heavy atom. The van der Waals surface area contributed by atoms with Gasteiger partial charge in [-0.15, -0.1) is 5.56 Å². The topological polar surface area (TPSA) is 64.5 Å². The molecular weight excluding hydrogens is 354 g/mol. The SMILES string of the molecule is CC(C)(CO)c1cccc(-c2c[c-]c(F)nc2)n1.[CH2-]COC1([CH-]C)COC1.[Li+]. The average Bonchev–Trinajstić information content (AvgIpc) is 2.66. The zero-order valence-electron chi connectivity index (χ0n) is 17.0. The molecule has 2 aromatic heterocycles. The minimum Gasteiger partial charge on any atom is -0.434 e. The second-order valence-corrected chi connectivity index (χ2v) is 6.94. The minimum atomic E-state index is -0.634. The van der Waals surface area contributed by atoms with Crippen molar-refractivity contribution in [2.75, 3.05) is 26.4 Å². The van der Waals surface area contributed by atoms with Crippen LogP contribution in [0.3, 0.4) is 0 Å². The van der Waals surface area contributed by atoms with Crippen LogP contribution in [0, 0.1) is 25.4 Å². The Kier molecular flexibility index (Phi) is 9.75. The van der Waals surface area contributed by atoms with Gasteiger partial charge in [-0.05, 0) is 23.6 Å². The number of ether oxygens (including phenoxy) is 2. The molecule has 1 aliphatic rings. The smallest absolute Gasteiger partial charge is 0.434 e. The molecule has 3 rings (SSSR count). The van der Waals surface area contributed by atoms with E-state index >= 15 is 0 Å². The zero-order chi connectivity index (χ0) is 19.9. The number of hydrogen-bond acceptors (Lipinski definition) is 5. The van der Waals surface area contributed by atoms with E-state index in [4.69, 9.17) is 9.47 Å². The molecule has 0 unspecified atom stereocenters. The van der Waals surface area contributed by atoms with Gasteiger partial charge < -0.3 is 21.5 Å². The van der Waals surface area contributed by atoms with Gasteiger partial charge >= 0.3 is 18.9 Å². The van der Waals surface area contributed by atoms with E-state index in [1.54, 1.807) is 0 Å². The predicted octanol–water partition coefficient (Wildman–Crippen LogP) is 0.187. The molecule has 0 amide bonds. The first kappa shape index (κ1) is 24.7. The molecule has 0 radical (unpaired) electrons. The van der Waals surface area contributed by atoms with E-state index in [1.807, 2.05) is 45.4 Å². The Labute approximate surface area is 178 Å². The maximum atomic E-state index is 12.7. The van der Waals surface area contributed by atoms with Crippen LogP contribution in [0.2, 0.25) is 0 Å². The number of nitrogens with zero attached hydrogens (tertiary/aromatic N) is 2. The number of halogens is 1. The van der Waals surface area contributed by atoms with Crippen molar-refractivity contribution in [1.82, 2.24) is 9.97 Å². The molecule has 1 aliphatic heterocycles. The van der Waals surface area contributed by atoms with Crippen LogP contribution >= 0.6 is 0 Å². The summed E-state index contributed by atoms with van der Waals surface area (Å²) in [4.78, 5) is 8.03. The van der Waals surface area contributed by atoms with Crippen LogP contribution in [-0.2, 0) is 14.9 Å². The van der Waals surface area contributed by atoms with Crippen LogP contribution in [-0.4, -0.2) is 47.1 Å². The Hall–Kier alpha value is -1.29. The molecular formula is C21H26FLiN2O3-2. The Bertz CT molecular complexity index is 716. The van der Waals surface area contributed by atoms with Crippen molar-refractivity contribution >= 4 is 0 Å². The summed E-state index contributed by atoms with van der Waals surface area (Å²) in [7, 11) is 0. The molecule has 0 saturated carbocycles. The maximum Gasteiger partial charge on any atom is 1.00 e. The molecule has 1 saturated heterocycles. The summed E-state index contributed by atoms with van der Waals surface area (Å²) in [6.07, 6.45) is 3.45. The van der Waals surface area contributed by atoms with Gasteiger partial charge in [0, 0.05) is 24.3 Å². The van der Waals surface area contributed by atoms with Crippen molar-refractivity contribution in [2.45, 2.75) is 31.8 Å². The predicted molar refractivity (Wildman–Crippen MR) is 101 cm³/mol. The molecule has 0 aromatic carbocycles. The van der Waals surface area contributed by atoms with Gasteiger partial charge in [-0.1, -0.05) is 32.6 Å². The summed E-state index contributed by atoms with van der Waals surface area (Å²) in [6, 6.07) is 9.46. The first-order valence-electron chi connectivity index (χ1n) is 8.79. The average molecular weight is 380 g/mol. The number of rotatable bonds is 6. The number of aromatic nitrogens is 2. The fourth-order valence-corrected chi connectivity index (χ4v) is 2.37. The van der Waals surface area contributed by atoms with E-state index in [0.717, 1.165) is 5.69 Å². The van der Waals surface area contributed by atoms with Crippen molar-refractivity contribution in [1.29, 1.82) is 0 Å². The molecule has 0 bridgehead atoms. The molecule has 2 aromatic rings. The quantitative estimate of drug-likeness (QED) is 0.440. The van der Waals surface area contributed by atoms with Crippen molar-refractivity contribution in [3.05, 3.63) is 61.5 Å². The van der Waals surface area contributed by atoms with E-state index in [0.29, 0.717) is 31.1 Å². The van der Waals surface area contributed by atoms with E-state index < -0.39 is 11.4 Å². The second-order valence-electron chi connectivity index (χ2n) is 6.94. The Morgan fingerprint density at radius 2 is 2.14 bits per heavy atom. The number of aliphatic hydroxyl groups is 1. The first-order chi connectivity index (χ1) is 12.9. The minimum absolute atomic E-state index is 0. The third-order valence-electron chi connectivity index (χ3n) is 4.41. The number of aliphatic hydroxyl groups excluding tert-OH is 1. The summed E-state index contributed by atoms with van der Waals surface area (Å²) >= 11 is 0. The van der Waals surface area contributed by atoms with Gasteiger partial charge in [0.05, 0.1) is 6.61 Å². The number of pyridine rings is 2. The summed E-state index contributed by atoms with van der Waals surface area (Å²) < 4.78 is 23.0. The fraction of sp³-hybridized carbons (Fsp3) is 0.429. The third-order valence-corrected chi connectivity index (χ3v) is 4.41. The van der Waals surface area contributed by atoms with Crippen molar-refractivity contribution in [3.63, 3.8) is 0 Å². The zero-order valence-corrected chi connectivity index (χ0v) is 17.0. The van der Waals surface area contributed by atoms with Crippen LogP contribution in [0.1, 0.15) is 26.5 Å². The van der Waals surface area contributed by atoms with Gasteiger partial charge in [0.1, 0.15) is 5.95 Å². The van der Waals surface area contributed by atoms with Gasteiger partial charge in [0.25, 0.3) is 0 Å². The number of hydrogen-bond donors (Lipinski definition) is 1. The molecule has 28 heavy (non-hydrogen) atoms. The largest absolute Gasteiger partial charge is 1.00 e. The standard InChI is InChI=1S/C14H14FN2O.C7H12O2.Li/c1-14(2,9-18)12-5-3-4-11(17-12)10-6-7-13(15)16-8-10;1-3-7(9-4-2)5-8-6-7;/h3-6,8,18H,9H2,1-2H3;3H,2,4-6H2,1H3;/q-1;-2;+1. The first-order valence-corrected chi connectivity index (χ1v) is 8.79. The van der Waals surface area contributed by atoms with Crippen LogP contribution < -0.4 is 18.9 Å². The molecule has 3 heterocycles. The van der Waals surface area contributed by atoms with Crippen LogP contribution in [0.25, 0.3) is 11.3 Å². The van der Waals surface area contributed by atoms with Crippen LogP contribution in [0.5, 0.6) is 0 Å². The molecule has 0 spiro atoms. The normalized spacial score (nSPS) is 14.9. The summed E-state index contributed by atoms with van der Waals surface area (Å²) in [5, 5.41) is 9.34. The summed E-state index contributed by atoms with van der Waals surface area (Å²) in [6.45, 7) is 11.3. The van der Waals surface area contributed by atoms with Gasteiger partial charge in [0.15, 0.2) is 0 Å². The Balaban J connectivity index is 0.000000332. The van der Waals surface area contributed by atoms with Gasteiger partial charge in [-0.3, -0.25) is 16.4 Å². The van der Waals surface area contributed by atoms with Crippen molar-refractivity contribution in [3.8, 4) is 11.3 Å². The fourth-order valence-electron chi connectivity index (χ4n) is 2.37. The molecule has 1 fully saturated rings. The van der Waals surface area contributed by atoms with E-state index in [1.165, 1.54) is 12.3 Å². The molecule has 148 valence electrons. The summed E-state index contributed by atoms with van der Waals surface area (Å²) in [5.74, 6) is -0.634. The van der Waals surface area contributed by atoms with Crippen LogP contribution in [0.15, 0.2) is 30.5 Å². The molecule has 0 aliphatic carbocycles. The molecule has 1 N–H and O–H groups in total. The molecule has 7 heteroatoms. The van der Waals surface area contributed by atoms with Gasteiger partial charge in [0.2, 0.25) is 0 Å². The summed E-state index contributed by atoms with van der Waals surface area (Å²) in [5.41, 5.74) is 1.67. The van der Waals surface area contributed by atoms with Gasteiger partial charge in [-0.2, -0.15) is 13.0 Å². The van der Waals surface area contributed by atoms with E-state index in [-0.39, 0.29) is 31.1 Å². The Morgan fingerprint density at radius 3 is 2.57 bits per heavy atom. The van der Waals surface area contributed by atoms with E-state index in [2.05, 4.69) is 23.0 Å². The van der Waals surface area contributed by atoms with Gasteiger partial charge in [-0.25, -0.2) is 10.5 Å². The molecule has 0 atom stereocenters. The monoisotopic (exact) mass is 380 g/mol. The second kappa shape index (κ2) is 11.0. The third kappa shape index (κ3) is 6.37. The van der Waals surface area contributed by atoms with E-state index in [9.17, 15) is 9.50 Å². The maximum absolute atomic E-state index is 12.7.